The molecular formula is C16H31N3O. The molecule has 116 valence electrons. The van der Waals surface area contributed by atoms with Gasteiger partial charge in [-0.1, -0.05) is 45.3 Å². The molecule has 1 fully saturated rings. The zero-order valence-electron chi connectivity index (χ0n) is 13.8. The molecule has 1 aliphatic heterocycles. The second-order valence-electron chi connectivity index (χ2n) is 7.78. The Kier molecular flexibility index (Phi) is 5.05. The lowest BCUT2D eigenvalue weighted by Crippen LogP contribution is -2.49. The molecule has 0 aromatic rings. The first-order chi connectivity index (χ1) is 9.38. The topological polar surface area (TPSA) is 37.2 Å². The van der Waals surface area contributed by atoms with Crippen LogP contribution in [0.2, 0.25) is 0 Å². The summed E-state index contributed by atoms with van der Waals surface area (Å²) in [5, 5.41) is 11.1. The number of fused-ring (bicyclic) bond motifs is 1. The summed E-state index contributed by atoms with van der Waals surface area (Å²) in [5.74, 6) is 0. The smallest absolute Gasteiger partial charge is 0.0993 e. The van der Waals surface area contributed by atoms with E-state index in [-0.39, 0.29) is 11.5 Å². The molecule has 0 aromatic heterocycles. The van der Waals surface area contributed by atoms with Crippen molar-refractivity contribution in [3.63, 3.8) is 0 Å². The third-order valence-corrected chi connectivity index (χ3v) is 4.13. The normalized spacial score (nSPS) is 31.3. The van der Waals surface area contributed by atoms with Crippen LogP contribution in [-0.2, 0) is 4.74 Å². The summed E-state index contributed by atoms with van der Waals surface area (Å²) in [6.07, 6.45) is 6.42. The number of rotatable bonds is 3. The van der Waals surface area contributed by atoms with Gasteiger partial charge < -0.3 is 4.74 Å². The fraction of sp³-hybridized carbons (Fsp3) is 1.00. The van der Waals surface area contributed by atoms with Gasteiger partial charge in [0.15, 0.2) is 0 Å². The van der Waals surface area contributed by atoms with Crippen molar-refractivity contribution >= 4 is 0 Å². The molecular weight excluding hydrogens is 250 g/mol. The highest BCUT2D eigenvalue weighted by Gasteiger charge is 2.41. The monoisotopic (exact) mass is 281 g/mol. The minimum absolute atomic E-state index is 0.216. The molecule has 2 aliphatic rings. The Morgan fingerprint density at radius 3 is 2.50 bits per heavy atom. The molecule has 1 saturated carbocycles. The molecule has 0 radical (unpaired) electrons. The first-order valence-electron chi connectivity index (χ1n) is 8.19. The zero-order valence-corrected chi connectivity index (χ0v) is 13.8. The molecule has 3 atom stereocenters. The molecule has 0 aromatic carbocycles. The maximum Gasteiger partial charge on any atom is 0.0993 e. The van der Waals surface area contributed by atoms with Crippen LogP contribution in [0.1, 0.15) is 66.7 Å². The van der Waals surface area contributed by atoms with E-state index in [1.165, 1.54) is 19.3 Å². The maximum atomic E-state index is 6.32. The minimum atomic E-state index is 0.216. The number of hydrogen-bond acceptors (Lipinski definition) is 4. The predicted octanol–water partition coefficient (Wildman–Crippen LogP) is 4.21. The summed E-state index contributed by atoms with van der Waals surface area (Å²) in [6.45, 7) is 11.9. The molecule has 2 rings (SSSR count). The second-order valence-corrected chi connectivity index (χ2v) is 7.78. The second kappa shape index (κ2) is 6.42. The molecule has 1 aliphatic carbocycles. The average Bonchev–Trinajstić information content (AvgIpc) is 2.70. The van der Waals surface area contributed by atoms with Crippen molar-refractivity contribution < 1.29 is 4.74 Å². The zero-order chi connectivity index (χ0) is 14.8. The van der Waals surface area contributed by atoms with E-state index in [1.807, 2.05) is 0 Å². The summed E-state index contributed by atoms with van der Waals surface area (Å²) >= 11 is 0. The van der Waals surface area contributed by atoms with Gasteiger partial charge in [-0.3, -0.25) is 5.01 Å². The van der Waals surface area contributed by atoms with Crippen LogP contribution in [0.15, 0.2) is 10.3 Å². The van der Waals surface area contributed by atoms with E-state index in [1.54, 1.807) is 0 Å². The fourth-order valence-corrected chi connectivity index (χ4v) is 3.11. The minimum Gasteiger partial charge on any atom is -0.375 e. The van der Waals surface area contributed by atoms with Gasteiger partial charge in [-0.05, 0) is 32.1 Å². The van der Waals surface area contributed by atoms with E-state index in [2.05, 4.69) is 50.0 Å². The molecule has 4 nitrogen and oxygen atoms in total. The van der Waals surface area contributed by atoms with E-state index < -0.39 is 0 Å². The Morgan fingerprint density at radius 2 is 1.85 bits per heavy atom. The van der Waals surface area contributed by atoms with E-state index in [4.69, 9.17) is 4.74 Å². The summed E-state index contributed by atoms with van der Waals surface area (Å²) in [4.78, 5) is 0. The van der Waals surface area contributed by atoms with Gasteiger partial charge in [-0.25, -0.2) is 0 Å². The molecule has 0 bridgehead atoms. The van der Waals surface area contributed by atoms with Crippen LogP contribution >= 0.6 is 0 Å². The van der Waals surface area contributed by atoms with Crippen molar-refractivity contribution in [2.45, 2.75) is 91.0 Å². The largest absolute Gasteiger partial charge is 0.375 e. The van der Waals surface area contributed by atoms with Gasteiger partial charge >= 0.3 is 0 Å². The van der Waals surface area contributed by atoms with Crippen molar-refractivity contribution in [3.05, 3.63) is 0 Å². The fourth-order valence-electron chi connectivity index (χ4n) is 3.11. The van der Waals surface area contributed by atoms with Crippen LogP contribution < -0.4 is 0 Å². The van der Waals surface area contributed by atoms with Crippen LogP contribution in [0.4, 0.5) is 0 Å². The SMILES string of the molecule is CC(C)N1N=NC2CCCCCC(OCC(C)(C)C)C21. The lowest BCUT2D eigenvalue weighted by Gasteiger charge is -2.37. The van der Waals surface area contributed by atoms with Crippen LogP contribution in [0.25, 0.3) is 0 Å². The summed E-state index contributed by atoms with van der Waals surface area (Å²) in [5.41, 5.74) is 0.216. The predicted molar refractivity (Wildman–Crippen MR) is 81.7 cm³/mol. The van der Waals surface area contributed by atoms with Gasteiger partial charge in [0, 0.05) is 6.04 Å². The standard InChI is InChI=1S/C16H31N3O/c1-12(2)19-15-13(17-18-19)9-7-6-8-10-14(15)20-11-16(3,4)5/h12-15H,6-11H2,1-5H3. The number of ether oxygens (including phenoxy) is 1. The summed E-state index contributed by atoms with van der Waals surface area (Å²) in [7, 11) is 0. The Labute approximate surface area is 123 Å². The van der Waals surface area contributed by atoms with Gasteiger partial charge in [0.2, 0.25) is 0 Å². The summed E-state index contributed by atoms with van der Waals surface area (Å²) in [6, 6.07) is 1.08. The van der Waals surface area contributed by atoms with Crippen molar-refractivity contribution in [3.8, 4) is 0 Å². The van der Waals surface area contributed by atoms with Crippen molar-refractivity contribution in [1.82, 2.24) is 5.01 Å². The van der Waals surface area contributed by atoms with Crippen molar-refractivity contribution in [2.75, 3.05) is 6.61 Å². The molecule has 20 heavy (non-hydrogen) atoms. The molecule has 0 amide bonds. The number of nitrogens with zero attached hydrogens (tertiary/aromatic N) is 3. The maximum absolute atomic E-state index is 6.32. The third-order valence-electron chi connectivity index (χ3n) is 4.13. The first-order valence-corrected chi connectivity index (χ1v) is 8.19. The molecule has 0 N–H and O–H groups in total. The molecule has 4 heteroatoms. The van der Waals surface area contributed by atoms with Crippen molar-refractivity contribution in [2.24, 2.45) is 15.8 Å². The van der Waals surface area contributed by atoms with Crippen LogP contribution in [-0.4, -0.2) is 35.8 Å². The highest BCUT2D eigenvalue weighted by molar-refractivity contribution is 4.94. The Balaban J connectivity index is 2.08. The molecule has 0 saturated heterocycles. The lowest BCUT2D eigenvalue weighted by atomic mass is 9.89. The van der Waals surface area contributed by atoms with Gasteiger partial charge in [0.25, 0.3) is 0 Å². The molecule has 1 heterocycles. The van der Waals surface area contributed by atoms with Gasteiger partial charge in [-0.2, -0.15) is 5.11 Å². The highest BCUT2D eigenvalue weighted by atomic mass is 16.5. The van der Waals surface area contributed by atoms with E-state index in [0.717, 1.165) is 19.4 Å². The Morgan fingerprint density at radius 1 is 1.15 bits per heavy atom. The Hall–Kier alpha value is -0.640. The van der Waals surface area contributed by atoms with Crippen LogP contribution in [0.3, 0.4) is 0 Å². The highest BCUT2D eigenvalue weighted by Crippen LogP contribution is 2.33. The van der Waals surface area contributed by atoms with Gasteiger partial charge in [-0.15, -0.1) is 0 Å². The van der Waals surface area contributed by atoms with E-state index in [9.17, 15) is 0 Å². The number of hydrogen-bond donors (Lipinski definition) is 0. The molecule has 3 unspecified atom stereocenters. The average molecular weight is 281 g/mol. The van der Waals surface area contributed by atoms with E-state index >= 15 is 0 Å². The molecule has 0 spiro atoms. The third kappa shape index (κ3) is 3.94. The van der Waals surface area contributed by atoms with Crippen LogP contribution in [0, 0.1) is 5.41 Å². The van der Waals surface area contributed by atoms with E-state index in [0.29, 0.717) is 18.1 Å². The first kappa shape index (κ1) is 15.7. The van der Waals surface area contributed by atoms with Crippen LogP contribution in [0.5, 0.6) is 0 Å². The quantitative estimate of drug-likeness (QED) is 0.777. The lowest BCUT2D eigenvalue weighted by molar-refractivity contribution is -0.0531. The van der Waals surface area contributed by atoms with Gasteiger partial charge in [0.1, 0.15) is 0 Å². The Bertz CT molecular complexity index is 335. The van der Waals surface area contributed by atoms with Crippen molar-refractivity contribution in [1.29, 1.82) is 0 Å². The van der Waals surface area contributed by atoms with Gasteiger partial charge in [0.05, 0.1) is 24.8 Å². The summed E-state index contributed by atoms with van der Waals surface area (Å²) < 4.78 is 6.32.